The van der Waals surface area contributed by atoms with Crippen LogP contribution in [0.25, 0.3) is 0 Å². The lowest BCUT2D eigenvalue weighted by Crippen LogP contribution is -2.19. The van der Waals surface area contributed by atoms with E-state index in [9.17, 15) is 0 Å². The van der Waals surface area contributed by atoms with Crippen molar-refractivity contribution in [2.75, 3.05) is 20.2 Å². The molecule has 0 amide bonds. The van der Waals surface area contributed by atoms with Gasteiger partial charge in [-0.05, 0) is 36.6 Å². The first kappa shape index (κ1) is 10.8. The number of benzene rings is 1. The SMILES string of the molecule is COc1ccc(C23CNCC2C3)cc1.Cl. The van der Waals surface area contributed by atoms with Gasteiger partial charge in [0, 0.05) is 12.0 Å². The first-order chi connectivity index (χ1) is 6.85. The second kappa shape index (κ2) is 3.69. The summed E-state index contributed by atoms with van der Waals surface area (Å²) < 4.78 is 5.16. The van der Waals surface area contributed by atoms with E-state index in [1.54, 1.807) is 7.11 Å². The molecule has 0 aromatic heterocycles. The molecule has 1 saturated heterocycles. The van der Waals surface area contributed by atoms with Crippen LogP contribution in [0.3, 0.4) is 0 Å². The maximum atomic E-state index is 5.16. The molecule has 1 N–H and O–H groups in total. The van der Waals surface area contributed by atoms with Gasteiger partial charge in [-0.15, -0.1) is 12.4 Å². The molecule has 3 rings (SSSR count). The molecule has 1 aromatic carbocycles. The van der Waals surface area contributed by atoms with Gasteiger partial charge in [-0.3, -0.25) is 0 Å². The summed E-state index contributed by atoms with van der Waals surface area (Å²) in [7, 11) is 1.71. The number of hydrogen-bond acceptors (Lipinski definition) is 2. The van der Waals surface area contributed by atoms with E-state index in [0.29, 0.717) is 5.41 Å². The van der Waals surface area contributed by atoms with Crippen molar-refractivity contribution in [1.82, 2.24) is 5.32 Å². The van der Waals surface area contributed by atoms with E-state index < -0.39 is 0 Å². The van der Waals surface area contributed by atoms with E-state index in [-0.39, 0.29) is 12.4 Å². The van der Waals surface area contributed by atoms with Gasteiger partial charge in [0.2, 0.25) is 0 Å². The van der Waals surface area contributed by atoms with Crippen LogP contribution in [0.1, 0.15) is 12.0 Å². The van der Waals surface area contributed by atoms with Crippen LogP contribution in [-0.4, -0.2) is 20.2 Å². The van der Waals surface area contributed by atoms with Gasteiger partial charge in [-0.25, -0.2) is 0 Å². The predicted octanol–water partition coefficient (Wildman–Crippen LogP) is 1.98. The largest absolute Gasteiger partial charge is 0.497 e. The average Bonchev–Trinajstić information content (AvgIpc) is 2.82. The Morgan fingerprint density at radius 2 is 2.07 bits per heavy atom. The summed E-state index contributed by atoms with van der Waals surface area (Å²) >= 11 is 0. The number of nitrogens with one attached hydrogen (secondary N) is 1. The van der Waals surface area contributed by atoms with E-state index >= 15 is 0 Å². The van der Waals surface area contributed by atoms with E-state index in [4.69, 9.17) is 4.74 Å². The minimum absolute atomic E-state index is 0. The summed E-state index contributed by atoms with van der Waals surface area (Å²) in [5.74, 6) is 1.84. The molecule has 2 atom stereocenters. The van der Waals surface area contributed by atoms with Crippen molar-refractivity contribution < 1.29 is 4.74 Å². The molecule has 0 bridgehead atoms. The number of methoxy groups -OCH3 is 1. The Morgan fingerprint density at radius 3 is 2.53 bits per heavy atom. The average molecular weight is 226 g/mol. The minimum Gasteiger partial charge on any atom is -0.497 e. The first-order valence-corrected chi connectivity index (χ1v) is 5.20. The zero-order chi connectivity index (χ0) is 9.60. The van der Waals surface area contributed by atoms with Crippen molar-refractivity contribution in [3.8, 4) is 5.75 Å². The number of halogens is 1. The molecular weight excluding hydrogens is 210 g/mol. The van der Waals surface area contributed by atoms with Crippen molar-refractivity contribution >= 4 is 12.4 Å². The highest BCUT2D eigenvalue weighted by atomic mass is 35.5. The Balaban J connectivity index is 0.000000853. The summed E-state index contributed by atoms with van der Waals surface area (Å²) in [5.41, 5.74) is 1.96. The second-order valence-corrected chi connectivity index (χ2v) is 4.42. The predicted molar refractivity (Wildman–Crippen MR) is 62.9 cm³/mol. The highest BCUT2D eigenvalue weighted by Gasteiger charge is 2.57. The monoisotopic (exact) mass is 225 g/mol. The molecule has 2 aliphatic rings. The molecule has 3 heteroatoms. The zero-order valence-corrected chi connectivity index (χ0v) is 9.64. The molecule has 1 aliphatic heterocycles. The van der Waals surface area contributed by atoms with E-state index in [1.807, 2.05) is 0 Å². The van der Waals surface area contributed by atoms with E-state index in [2.05, 4.69) is 29.6 Å². The van der Waals surface area contributed by atoms with Crippen molar-refractivity contribution in [2.45, 2.75) is 11.8 Å². The lowest BCUT2D eigenvalue weighted by Gasteiger charge is -2.12. The number of hydrogen-bond donors (Lipinski definition) is 1. The maximum absolute atomic E-state index is 5.16. The standard InChI is InChI=1S/C12H15NO.ClH/c1-14-11-4-2-9(3-5-11)12-6-10(12)7-13-8-12;/h2-5,10,13H,6-8H2,1H3;1H. The van der Waals surface area contributed by atoms with Gasteiger partial charge in [-0.2, -0.15) is 0 Å². The molecule has 2 nitrogen and oxygen atoms in total. The molecule has 0 spiro atoms. The molecule has 2 unspecified atom stereocenters. The van der Waals surface area contributed by atoms with Gasteiger partial charge in [0.25, 0.3) is 0 Å². The summed E-state index contributed by atoms with van der Waals surface area (Å²) in [6.07, 6.45) is 1.37. The van der Waals surface area contributed by atoms with Crippen molar-refractivity contribution in [3.63, 3.8) is 0 Å². The van der Waals surface area contributed by atoms with Crippen LogP contribution >= 0.6 is 12.4 Å². The fourth-order valence-corrected chi connectivity index (χ4v) is 2.71. The molecule has 1 heterocycles. The summed E-state index contributed by atoms with van der Waals surface area (Å²) in [6.45, 7) is 2.36. The Bertz CT molecular complexity index is 351. The summed E-state index contributed by atoms with van der Waals surface area (Å²) in [6, 6.07) is 8.56. The van der Waals surface area contributed by atoms with Gasteiger partial charge in [0.15, 0.2) is 0 Å². The fraction of sp³-hybridized carbons (Fsp3) is 0.500. The van der Waals surface area contributed by atoms with Crippen LogP contribution in [-0.2, 0) is 5.41 Å². The second-order valence-electron chi connectivity index (χ2n) is 4.42. The normalized spacial score (nSPS) is 31.7. The maximum Gasteiger partial charge on any atom is 0.118 e. The Labute approximate surface area is 96.4 Å². The Kier molecular flexibility index (Phi) is 2.65. The summed E-state index contributed by atoms with van der Waals surface area (Å²) in [4.78, 5) is 0. The third-order valence-corrected chi connectivity index (χ3v) is 3.73. The number of ether oxygens (including phenoxy) is 1. The van der Waals surface area contributed by atoms with Gasteiger partial charge in [-0.1, -0.05) is 12.1 Å². The van der Waals surface area contributed by atoms with Crippen LogP contribution in [0.4, 0.5) is 0 Å². The number of piperidine rings is 1. The molecule has 0 radical (unpaired) electrons. The highest BCUT2D eigenvalue weighted by molar-refractivity contribution is 5.85. The van der Waals surface area contributed by atoms with Crippen molar-refractivity contribution in [3.05, 3.63) is 29.8 Å². The van der Waals surface area contributed by atoms with Crippen molar-refractivity contribution in [2.24, 2.45) is 5.92 Å². The van der Waals surface area contributed by atoms with Crippen molar-refractivity contribution in [1.29, 1.82) is 0 Å². The molecule has 15 heavy (non-hydrogen) atoms. The fourth-order valence-electron chi connectivity index (χ4n) is 2.71. The number of rotatable bonds is 2. The molecule has 1 aliphatic carbocycles. The highest BCUT2D eigenvalue weighted by Crippen LogP contribution is 2.56. The van der Waals surface area contributed by atoms with Crippen LogP contribution in [0.15, 0.2) is 24.3 Å². The summed E-state index contributed by atoms with van der Waals surface area (Å²) in [5, 5.41) is 3.46. The molecule has 1 saturated carbocycles. The molecule has 82 valence electrons. The van der Waals surface area contributed by atoms with Crippen LogP contribution in [0, 0.1) is 5.92 Å². The smallest absolute Gasteiger partial charge is 0.118 e. The van der Waals surface area contributed by atoms with Crippen LogP contribution in [0.2, 0.25) is 0 Å². The molecule has 2 fully saturated rings. The third kappa shape index (κ3) is 1.52. The van der Waals surface area contributed by atoms with Gasteiger partial charge in [0.1, 0.15) is 5.75 Å². The van der Waals surface area contributed by atoms with E-state index in [1.165, 1.54) is 18.5 Å². The lowest BCUT2D eigenvalue weighted by atomic mass is 9.95. The zero-order valence-electron chi connectivity index (χ0n) is 8.82. The molecule has 1 aromatic rings. The molecular formula is C12H16ClNO. The third-order valence-electron chi connectivity index (χ3n) is 3.73. The Morgan fingerprint density at radius 1 is 1.33 bits per heavy atom. The van der Waals surface area contributed by atoms with Gasteiger partial charge in [0.05, 0.1) is 7.11 Å². The quantitative estimate of drug-likeness (QED) is 0.831. The van der Waals surface area contributed by atoms with Gasteiger partial charge < -0.3 is 10.1 Å². The Hall–Kier alpha value is -0.730. The topological polar surface area (TPSA) is 21.3 Å². The minimum atomic E-state index is 0. The lowest BCUT2D eigenvalue weighted by molar-refractivity contribution is 0.414. The van der Waals surface area contributed by atoms with Gasteiger partial charge >= 0.3 is 0 Å². The number of fused-ring (bicyclic) bond motifs is 1. The van der Waals surface area contributed by atoms with Crippen LogP contribution in [0.5, 0.6) is 5.75 Å². The van der Waals surface area contributed by atoms with Crippen LogP contribution < -0.4 is 10.1 Å². The first-order valence-electron chi connectivity index (χ1n) is 5.20. The van der Waals surface area contributed by atoms with E-state index in [0.717, 1.165) is 18.2 Å².